The van der Waals surface area contributed by atoms with Gasteiger partial charge in [-0.3, -0.25) is 14.7 Å². The average molecular weight is 488 g/mol. The highest BCUT2D eigenvalue weighted by atomic mass is 19.1. The van der Waals surface area contributed by atoms with Crippen LogP contribution < -0.4 is 5.73 Å². The van der Waals surface area contributed by atoms with Crippen LogP contribution in [0.25, 0.3) is 11.1 Å². The van der Waals surface area contributed by atoms with Crippen LogP contribution in [0.15, 0.2) is 42.6 Å². The fraction of sp³-hybridized carbons (Fsp3) is 0.321. The molecule has 2 N–H and O–H groups in total. The molecular weight excluding hydrogens is 457 g/mol. The van der Waals surface area contributed by atoms with E-state index in [0.29, 0.717) is 36.6 Å². The number of carbonyl (C=O) groups excluding carboxylic acids is 1. The normalized spacial score (nSPS) is 13.8. The summed E-state index contributed by atoms with van der Waals surface area (Å²) in [6, 6.07) is 10.1. The zero-order chi connectivity index (χ0) is 25.7. The highest BCUT2D eigenvalue weighted by molar-refractivity contribution is 5.95. The molecular formula is C28H30FN5O2. The summed E-state index contributed by atoms with van der Waals surface area (Å²) in [5, 5.41) is 0. The van der Waals surface area contributed by atoms with E-state index in [1.807, 2.05) is 19.9 Å². The van der Waals surface area contributed by atoms with Gasteiger partial charge in [0, 0.05) is 57.2 Å². The van der Waals surface area contributed by atoms with Crippen molar-refractivity contribution in [3.8, 4) is 23.0 Å². The van der Waals surface area contributed by atoms with Crippen LogP contribution in [0.2, 0.25) is 0 Å². The van der Waals surface area contributed by atoms with E-state index in [1.54, 1.807) is 42.5 Å². The standard InChI is InChI=1S/C28H30FN5O2/c1-19-21(6-9-27(30)32-19)4-7-23-20(2)31-11-10-24(23)22-5-8-25(26(29)18-22)28(35)34-14-12-33(13-15-34)16-17-36-3/h5-6,8-11,18H,12-17H2,1-3H3,(H2,30,32). The van der Waals surface area contributed by atoms with Crippen LogP contribution in [0.1, 0.15) is 32.9 Å². The Bertz CT molecular complexity index is 1320. The molecule has 0 saturated carbocycles. The number of carbonyl (C=O) groups is 1. The first-order chi connectivity index (χ1) is 17.4. The molecule has 0 aliphatic carbocycles. The molecule has 186 valence electrons. The summed E-state index contributed by atoms with van der Waals surface area (Å²) in [4.78, 5) is 25.6. The van der Waals surface area contributed by atoms with Crippen molar-refractivity contribution >= 4 is 11.7 Å². The third-order valence-electron chi connectivity index (χ3n) is 6.35. The number of aryl methyl sites for hydroxylation is 2. The number of benzene rings is 1. The first-order valence-corrected chi connectivity index (χ1v) is 11.9. The summed E-state index contributed by atoms with van der Waals surface area (Å²) in [6.07, 6.45) is 1.67. The molecule has 0 atom stereocenters. The van der Waals surface area contributed by atoms with Crippen molar-refractivity contribution in [2.45, 2.75) is 13.8 Å². The molecule has 1 aliphatic heterocycles. The Kier molecular flexibility index (Phi) is 7.93. The molecule has 1 amide bonds. The number of methoxy groups -OCH3 is 1. The van der Waals surface area contributed by atoms with E-state index in [9.17, 15) is 4.79 Å². The van der Waals surface area contributed by atoms with E-state index in [4.69, 9.17) is 10.5 Å². The number of amides is 1. The van der Waals surface area contributed by atoms with Crippen molar-refractivity contribution in [2.75, 3.05) is 52.2 Å². The number of rotatable bonds is 5. The van der Waals surface area contributed by atoms with Gasteiger partial charge in [-0.15, -0.1) is 0 Å². The van der Waals surface area contributed by atoms with Gasteiger partial charge in [-0.25, -0.2) is 9.37 Å². The summed E-state index contributed by atoms with van der Waals surface area (Å²) in [6.45, 7) is 7.81. The lowest BCUT2D eigenvalue weighted by molar-refractivity contribution is 0.0590. The molecule has 1 fully saturated rings. The predicted molar refractivity (Wildman–Crippen MR) is 138 cm³/mol. The summed E-state index contributed by atoms with van der Waals surface area (Å²) in [7, 11) is 1.67. The minimum absolute atomic E-state index is 0.0751. The monoisotopic (exact) mass is 487 g/mol. The molecule has 36 heavy (non-hydrogen) atoms. The van der Waals surface area contributed by atoms with Crippen molar-refractivity contribution in [3.63, 3.8) is 0 Å². The smallest absolute Gasteiger partial charge is 0.256 e. The molecule has 4 rings (SSSR count). The van der Waals surface area contributed by atoms with Gasteiger partial charge in [-0.2, -0.15) is 0 Å². The number of hydrogen-bond acceptors (Lipinski definition) is 6. The topological polar surface area (TPSA) is 84.6 Å². The van der Waals surface area contributed by atoms with Crippen molar-refractivity contribution in [2.24, 2.45) is 0 Å². The molecule has 0 radical (unpaired) electrons. The predicted octanol–water partition coefficient (Wildman–Crippen LogP) is 3.29. The molecule has 8 heteroatoms. The maximum absolute atomic E-state index is 15.2. The molecule has 1 aromatic carbocycles. The van der Waals surface area contributed by atoms with Gasteiger partial charge >= 0.3 is 0 Å². The van der Waals surface area contributed by atoms with Gasteiger partial charge in [0.15, 0.2) is 0 Å². The van der Waals surface area contributed by atoms with Gasteiger partial charge in [0.1, 0.15) is 11.6 Å². The Balaban J connectivity index is 1.57. The number of hydrogen-bond donors (Lipinski definition) is 1. The lowest BCUT2D eigenvalue weighted by atomic mass is 9.97. The first-order valence-electron chi connectivity index (χ1n) is 11.9. The molecule has 2 aromatic heterocycles. The van der Waals surface area contributed by atoms with Crippen molar-refractivity contribution in [1.82, 2.24) is 19.8 Å². The van der Waals surface area contributed by atoms with Gasteiger partial charge in [0.2, 0.25) is 0 Å². The second-order valence-corrected chi connectivity index (χ2v) is 8.76. The summed E-state index contributed by atoms with van der Waals surface area (Å²) >= 11 is 0. The minimum atomic E-state index is -0.550. The van der Waals surface area contributed by atoms with Gasteiger partial charge in [-0.1, -0.05) is 17.9 Å². The highest BCUT2D eigenvalue weighted by Gasteiger charge is 2.24. The third kappa shape index (κ3) is 5.70. The second-order valence-electron chi connectivity index (χ2n) is 8.76. The van der Waals surface area contributed by atoms with E-state index in [2.05, 4.69) is 26.7 Å². The molecule has 1 aliphatic rings. The molecule has 7 nitrogen and oxygen atoms in total. The number of nitrogen functional groups attached to an aromatic ring is 1. The number of piperazine rings is 1. The van der Waals surface area contributed by atoms with Crippen LogP contribution in [0, 0.1) is 31.5 Å². The maximum Gasteiger partial charge on any atom is 0.256 e. The Morgan fingerprint density at radius 3 is 2.56 bits per heavy atom. The number of ether oxygens (including phenoxy) is 1. The number of halogens is 1. The van der Waals surface area contributed by atoms with Crippen molar-refractivity contribution < 1.29 is 13.9 Å². The number of nitrogens with zero attached hydrogens (tertiary/aromatic N) is 4. The Morgan fingerprint density at radius 1 is 1.08 bits per heavy atom. The summed E-state index contributed by atoms with van der Waals surface area (Å²) in [5.74, 6) is 5.92. The molecule has 3 heterocycles. The number of anilines is 1. The van der Waals surface area contributed by atoms with Crippen LogP contribution in [-0.4, -0.2) is 72.1 Å². The molecule has 0 bridgehead atoms. The van der Waals surface area contributed by atoms with Crippen LogP contribution in [-0.2, 0) is 4.74 Å². The van der Waals surface area contributed by atoms with Crippen LogP contribution in [0.4, 0.5) is 10.2 Å². The van der Waals surface area contributed by atoms with E-state index in [0.717, 1.165) is 42.1 Å². The van der Waals surface area contributed by atoms with Crippen LogP contribution >= 0.6 is 0 Å². The van der Waals surface area contributed by atoms with E-state index in [1.165, 1.54) is 6.07 Å². The molecule has 0 spiro atoms. The van der Waals surface area contributed by atoms with E-state index < -0.39 is 5.82 Å². The SMILES string of the molecule is COCCN1CCN(C(=O)c2ccc(-c3ccnc(C)c3C#Cc3ccc(N)nc3C)cc2F)CC1. The number of pyridine rings is 2. The third-order valence-corrected chi connectivity index (χ3v) is 6.35. The fourth-order valence-electron chi connectivity index (χ4n) is 4.23. The van der Waals surface area contributed by atoms with Gasteiger partial charge in [-0.05, 0) is 49.7 Å². The van der Waals surface area contributed by atoms with Crippen LogP contribution in [0.3, 0.4) is 0 Å². The van der Waals surface area contributed by atoms with Crippen molar-refractivity contribution in [3.05, 3.63) is 76.5 Å². The average Bonchev–Trinajstić information content (AvgIpc) is 2.87. The Labute approximate surface area is 211 Å². The largest absolute Gasteiger partial charge is 0.384 e. The Morgan fingerprint density at radius 2 is 1.86 bits per heavy atom. The van der Waals surface area contributed by atoms with Crippen molar-refractivity contribution in [1.29, 1.82) is 0 Å². The summed E-state index contributed by atoms with van der Waals surface area (Å²) in [5.41, 5.74) is 10.1. The number of nitrogens with two attached hydrogens (primary N) is 1. The lowest BCUT2D eigenvalue weighted by Crippen LogP contribution is -2.49. The van der Waals surface area contributed by atoms with Gasteiger partial charge in [0.25, 0.3) is 5.91 Å². The molecule has 0 unspecified atom stereocenters. The highest BCUT2D eigenvalue weighted by Crippen LogP contribution is 2.27. The fourth-order valence-corrected chi connectivity index (χ4v) is 4.23. The second kappa shape index (κ2) is 11.3. The summed E-state index contributed by atoms with van der Waals surface area (Å²) < 4.78 is 20.3. The number of aromatic nitrogens is 2. The van der Waals surface area contributed by atoms with E-state index >= 15 is 4.39 Å². The zero-order valence-electron chi connectivity index (χ0n) is 20.8. The Hall–Kier alpha value is -3.80. The first kappa shape index (κ1) is 25.3. The minimum Gasteiger partial charge on any atom is -0.384 e. The lowest BCUT2D eigenvalue weighted by Gasteiger charge is -2.34. The van der Waals surface area contributed by atoms with Gasteiger partial charge in [0.05, 0.1) is 29.1 Å². The quantitative estimate of drug-likeness (QED) is 0.556. The van der Waals surface area contributed by atoms with Gasteiger partial charge < -0.3 is 15.4 Å². The van der Waals surface area contributed by atoms with E-state index in [-0.39, 0.29) is 11.5 Å². The molecule has 1 saturated heterocycles. The molecule has 3 aromatic rings. The zero-order valence-corrected chi connectivity index (χ0v) is 20.8. The maximum atomic E-state index is 15.2. The van der Waals surface area contributed by atoms with Crippen LogP contribution in [0.5, 0.6) is 0 Å².